The molecule has 0 atom stereocenters. The van der Waals surface area contributed by atoms with Gasteiger partial charge in [0.25, 0.3) is 0 Å². The maximum absolute atomic E-state index is 5.46. The van der Waals surface area contributed by atoms with Crippen molar-refractivity contribution in [3.05, 3.63) is 51.0 Å². The van der Waals surface area contributed by atoms with E-state index in [9.17, 15) is 0 Å². The normalized spacial score (nSPS) is 15.6. The molecule has 0 saturated carbocycles. The number of nitrogens with zero attached hydrogens (tertiary/aromatic N) is 3. The Morgan fingerprint density at radius 1 is 1.18 bits per heavy atom. The molecule has 7 heteroatoms. The number of hydrogen-bond donors (Lipinski definition) is 2. The van der Waals surface area contributed by atoms with E-state index in [0.29, 0.717) is 0 Å². The van der Waals surface area contributed by atoms with Gasteiger partial charge in [-0.15, -0.1) is 11.3 Å². The Labute approximate surface area is 172 Å². The molecule has 2 N–H and O–H groups in total. The number of thiazole rings is 1. The van der Waals surface area contributed by atoms with Crippen LogP contribution in [0.2, 0.25) is 0 Å². The van der Waals surface area contributed by atoms with Gasteiger partial charge >= 0.3 is 0 Å². The number of guanidine groups is 1. The van der Waals surface area contributed by atoms with Gasteiger partial charge in [0.1, 0.15) is 0 Å². The third kappa shape index (κ3) is 6.02. The standard InChI is InChI=1S/C21H31N5OS/c1-16-17(2)28-20(25-16)8-9-23-21(22-3)24-14-18-6-4-5-7-19(18)15-26-10-12-27-13-11-26/h4-7H,8-15H2,1-3H3,(H2,22,23,24). The maximum atomic E-state index is 5.46. The summed E-state index contributed by atoms with van der Waals surface area (Å²) in [5, 5.41) is 8.02. The van der Waals surface area contributed by atoms with Crippen molar-refractivity contribution >= 4 is 17.3 Å². The summed E-state index contributed by atoms with van der Waals surface area (Å²) in [6.07, 6.45) is 0.910. The summed E-state index contributed by atoms with van der Waals surface area (Å²) in [6, 6.07) is 8.63. The van der Waals surface area contributed by atoms with E-state index < -0.39 is 0 Å². The molecule has 6 nitrogen and oxygen atoms in total. The average molecular weight is 402 g/mol. The summed E-state index contributed by atoms with van der Waals surface area (Å²) in [4.78, 5) is 12.7. The molecular formula is C21H31N5OS. The van der Waals surface area contributed by atoms with Gasteiger partial charge in [0.2, 0.25) is 0 Å². The van der Waals surface area contributed by atoms with Gasteiger partial charge in [-0.3, -0.25) is 9.89 Å². The summed E-state index contributed by atoms with van der Waals surface area (Å²) in [5.74, 6) is 0.825. The number of benzene rings is 1. The van der Waals surface area contributed by atoms with E-state index in [1.807, 2.05) is 7.05 Å². The van der Waals surface area contributed by atoms with Gasteiger partial charge < -0.3 is 15.4 Å². The fourth-order valence-corrected chi connectivity index (χ4v) is 4.15. The number of ether oxygens (including phenoxy) is 1. The molecule has 1 aromatic heterocycles. The SMILES string of the molecule is CN=C(NCCc1nc(C)c(C)s1)NCc1ccccc1CN1CCOCC1. The van der Waals surface area contributed by atoms with Crippen LogP contribution in [0.1, 0.15) is 26.7 Å². The second-order valence-electron chi connectivity index (χ2n) is 7.01. The zero-order valence-corrected chi connectivity index (χ0v) is 17.9. The van der Waals surface area contributed by atoms with Crippen molar-refractivity contribution < 1.29 is 4.74 Å². The smallest absolute Gasteiger partial charge is 0.191 e. The summed E-state index contributed by atoms with van der Waals surface area (Å²) in [6.45, 7) is 10.4. The first-order chi connectivity index (χ1) is 13.7. The molecular weight excluding hydrogens is 370 g/mol. The fourth-order valence-electron chi connectivity index (χ4n) is 3.22. The number of aromatic nitrogens is 1. The van der Waals surface area contributed by atoms with E-state index in [0.717, 1.165) is 64.0 Å². The highest BCUT2D eigenvalue weighted by molar-refractivity contribution is 7.11. The van der Waals surface area contributed by atoms with E-state index in [4.69, 9.17) is 4.74 Å². The molecule has 152 valence electrons. The Kier molecular flexibility index (Phi) is 7.82. The lowest BCUT2D eigenvalue weighted by molar-refractivity contribution is 0.0341. The Balaban J connectivity index is 1.49. The largest absolute Gasteiger partial charge is 0.379 e. The van der Waals surface area contributed by atoms with Crippen molar-refractivity contribution in [2.45, 2.75) is 33.4 Å². The van der Waals surface area contributed by atoms with Crippen LogP contribution in [0.3, 0.4) is 0 Å². The highest BCUT2D eigenvalue weighted by Gasteiger charge is 2.13. The number of morpholine rings is 1. The van der Waals surface area contributed by atoms with E-state index in [1.165, 1.54) is 21.0 Å². The van der Waals surface area contributed by atoms with Crippen LogP contribution in [0.15, 0.2) is 29.3 Å². The predicted octanol–water partition coefficient (Wildman–Crippen LogP) is 2.50. The second kappa shape index (κ2) is 10.5. The lowest BCUT2D eigenvalue weighted by Gasteiger charge is -2.27. The minimum atomic E-state index is 0.760. The third-order valence-electron chi connectivity index (χ3n) is 4.99. The molecule has 1 fully saturated rings. The van der Waals surface area contributed by atoms with E-state index in [1.54, 1.807) is 11.3 Å². The van der Waals surface area contributed by atoms with Crippen LogP contribution in [-0.2, 0) is 24.2 Å². The first kappa shape index (κ1) is 20.8. The molecule has 1 aromatic carbocycles. The fraction of sp³-hybridized carbons (Fsp3) is 0.524. The van der Waals surface area contributed by atoms with Crippen molar-refractivity contribution in [2.24, 2.45) is 4.99 Å². The number of hydrogen-bond acceptors (Lipinski definition) is 5. The monoisotopic (exact) mass is 401 g/mol. The van der Waals surface area contributed by atoms with Crippen LogP contribution in [0.4, 0.5) is 0 Å². The zero-order chi connectivity index (χ0) is 19.8. The Hall–Kier alpha value is -1.96. The molecule has 1 aliphatic heterocycles. The molecule has 28 heavy (non-hydrogen) atoms. The van der Waals surface area contributed by atoms with E-state index in [-0.39, 0.29) is 0 Å². The van der Waals surface area contributed by atoms with E-state index >= 15 is 0 Å². The van der Waals surface area contributed by atoms with Gasteiger partial charge in [-0.2, -0.15) is 0 Å². The molecule has 1 saturated heterocycles. The lowest BCUT2D eigenvalue weighted by atomic mass is 10.1. The highest BCUT2D eigenvalue weighted by atomic mass is 32.1. The lowest BCUT2D eigenvalue weighted by Crippen LogP contribution is -2.38. The van der Waals surface area contributed by atoms with Crippen LogP contribution < -0.4 is 10.6 Å². The zero-order valence-electron chi connectivity index (χ0n) is 17.1. The quantitative estimate of drug-likeness (QED) is 0.551. The van der Waals surface area contributed by atoms with Crippen molar-refractivity contribution in [3.63, 3.8) is 0 Å². The molecule has 0 unspecified atom stereocenters. The first-order valence-corrected chi connectivity index (χ1v) is 10.7. The number of rotatable bonds is 7. The summed E-state index contributed by atoms with van der Waals surface area (Å²) >= 11 is 1.78. The number of aliphatic imine (C=N–C) groups is 1. The van der Waals surface area contributed by atoms with Gasteiger partial charge in [0.05, 0.1) is 23.9 Å². The van der Waals surface area contributed by atoms with Crippen LogP contribution in [0, 0.1) is 13.8 Å². The van der Waals surface area contributed by atoms with Gasteiger partial charge in [0.15, 0.2) is 5.96 Å². The van der Waals surface area contributed by atoms with Crippen molar-refractivity contribution in [2.75, 3.05) is 39.9 Å². The first-order valence-electron chi connectivity index (χ1n) is 9.90. The summed E-state index contributed by atoms with van der Waals surface area (Å²) in [5.41, 5.74) is 3.81. The maximum Gasteiger partial charge on any atom is 0.191 e. The van der Waals surface area contributed by atoms with Crippen molar-refractivity contribution in [3.8, 4) is 0 Å². The minimum absolute atomic E-state index is 0.760. The molecule has 0 spiro atoms. The third-order valence-corrected chi connectivity index (χ3v) is 6.12. The Morgan fingerprint density at radius 2 is 1.93 bits per heavy atom. The van der Waals surface area contributed by atoms with Gasteiger partial charge in [-0.1, -0.05) is 24.3 Å². The summed E-state index contributed by atoms with van der Waals surface area (Å²) < 4.78 is 5.46. The van der Waals surface area contributed by atoms with Gasteiger partial charge in [-0.05, 0) is 25.0 Å². The highest BCUT2D eigenvalue weighted by Crippen LogP contribution is 2.16. The minimum Gasteiger partial charge on any atom is -0.379 e. The molecule has 2 heterocycles. The Bertz CT molecular complexity index is 763. The summed E-state index contributed by atoms with van der Waals surface area (Å²) in [7, 11) is 1.81. The van der Waals surface area contributed by atoms with Crippen LogP contribution in [0.25, 0.3) is 0 Å². The van der Waals surface area contributed by atoms with Gasteiger partial charge in [-0.25, -0.2) is 4.98 Å². The van der Waals surface area contributed by atoms with Crippen LogP contribution in [0.5, 0.6) is 0 Å². The molecule has 0 bridgehead atoms. The second-order valence-corrected chi connectivity index (χ2v) is 8.30. The van der Waals surface area contributed by atoms with Crippen molar-refractivity contribution in [1.29, 1.82) is 0 Å². The molecule has 0 aliphatic carbocycles. The topological polar surface area (TPSA) is 61.8 Å². The number of aryl methyl sites for hydroxylation is 2. The predicted molar refractivity (Wildman–Crippen MR) is 116 cm³/mol. The molecule has 0 radical (unpaired) electrons. The Morgan fingerprint density at radius 3 is 2.61 bits per heavy atom. The average Bonchev–Trinajstić information content (AvgIpc) is 3.03. The molecule has 2 aromatic rings. The van der Waals surface area contributed by atoms with Crippen LogP contribution in [-0.4, -0.2) is 55.7 Å². The molecule has 3 rings (SSSR count). The molecule has 0 amide bonds. The van der Waals surface area contributed by atoms with Crippen molar-refractivity contribution in [1.82, 2.24) is 20.5 Å². The molecule has 1 aliphatic rings. The van der Waals surface area contributed by atoms with Gasteiger partial charge in [0, 0.05) is 51.1 Å². The van der Waals surface area contributed by atoms with Crippen LogP contribution >= 0.6 is 11.3 Å². The van der Waals surface area contributed by atoms with E-state index in [2.05, 4.69) is 63.6 Å². The number of nitrogens with one attached hydrogen (secondary N) is 2.